The van der Waals surface area contributed by atoms with Crippen molar-refractivity contribution < 1.29 is 38.5 Å². The van der Waals surface area contributed by atoms with Crippen LogP contribution in [0, 0.1) is 0 Å². The number of carbonyl (C=O) groups is 4. The van der Waals surface area contributed by atoms with Crippen molar-refractivity contribution in [3.05, 3.63) is 27.1 Å². The number of amides is 2. The molecule has 0 atom stereocenters. The molecule has 1 N–H and O–H groups in total. The summed E-state index contributed by atoms with van der Waals surface area (Å²) in [4.78, 5) is 48.3. The third-order valence-corrected chi connectivity index (χ3v) is 5.12. The van der Waals surface area contributed by atoms with E-state index in [9.17, 15) is 19.2 Å². The van der Waals surface area contributed by atoms with Crippen LogP contribution >= 0.6 is 27.7 Å². The number of carboxylic acid groups (broad SMARTS) is 1. The maximum absolute atomic E-state index is 12.6. The molecule has 0 radical (unpaired) electrons. The van der Waals surface area contributed by atoms with Crippen LogP contribution in [0.2, 0.25) is 0 Å². The molecule has 1 aliphatic rings. The van der Waals surface area contributed by atoms with Crippen LogP contribution in [0.1, 0.15) is 26.3 Å². The van der Waals surface area contributed by atoms with Gasteiger partial charge in [0.05, 0.1) is 17.6 Å². The second-order valence-electron chi connectivity index (χ2n) is 6.24. The Morgan fingerprint density at radius 3 is 2.50 bits per heavy atom. The minimum Gasteiger partial charge on any atom is -0.490 e. The molecule has 1 heterocycles. The van der Waals surface area contributed by atoms with Gasteiger partial charge in [-0.3, -0.25) is 19.3 Å². The van der Waals surface area contributed by atoms with Gasteiger partial charge < -0.3 is 19.3 Å². The predicted octanol–water partition coefficient (Wildman–Crippen LogP) is 3.30. The molecule has 1 aromatic carbocycles. The van der Waals surface area contributed by atoms with Gasteiger partial charge in [-0.25, -0.2) is 4.79 Å². The van der Waals surface area contributed by atoms with Gasteiger partial charge in [-0.15, -0.1) is 0 Å². The molecule has 0 saturated carbocycles. The SMILES string of the molecule is CCOc1cc(/C=C2/SC(=O)N(CC(=O)OC(C)C)C2=O)c(Br)cc1OCC(=O)O. The van der Waals surface area contributed by atoms with Crippen molar-refractivity contribution in [3.8, 4) is 11.5 Å². The van der Waals surface area contributed by atoms with Crippen LogP contribution in [-0.2, 0) is 19.1 Å². The Morgan fingerprint density at radius 1 is 1.23 bits per heavy atom. The van der Waals surface area contributed by atoms with E-state index in [-0.39, 0.29) is 22.5 Å². The summed E-state index contributed by atoms with van der Waals surface area (Å²) < 4.78 is 16.2. The fourth-order valence-electron chi connectivity index (χ4n) is 2.39. The molecule has 1 aromatic rings. The lowest BCUT2D eigenvalue weighted by atomic mass is 10.2. The first-order valence-corrected chi connectivity index (χ1v) is 10.5. The molecule has 1 saturated heterocycles. The number of hydrogen-bond acceptors (Lipinski definition) is 8. The molecule has 2 amide bonds. The summed E-state index contributed by atoms with van der Waals surface area (Å²) in [7, 11) is 0. The maximum atomic E-state index is 12.6. The first-order valence-electron chi connectivity index (χ1n) is 8.88. The summed E-state index contributed by atoms with van der Waals surface area (Å²) in [5, 5.41) is 8.23. The van der Waals surface area contributed by atoms with Gasteiger partial charge in [0.2, 0.25) is 0 Å². The first-order chi connectivity index (χ1) is 14.1. The zero-order chi connectivity index (χ0) is 22.4. The number of rotatable bonds is 9. The molecule has 9 nitrogen and oxygen atoms in total. The summed E-state index contributed by atoms with van der Waals surface area (Å²) in [6, 6.07) is 3.08. The molecule has 0 unspecified atom stereocenters. The summed E-state index contributed by atoms with van der Waals surface area (Å²) in [6.45, 7) is 4.39. The van der Waals surface area contributed by atoms with E-state index in [0.717, 1.165) is 4.90 Å². The first kappa shape index (κ1) is 23.7. The highest BCUT2D eigenvalue weighted by molar-refractivity contribution is 9.10. The second-order valence-corrected chi connectivity index (χ2v) is 8.09. The Hall–Kier alpha value is -2.53. The van der Waals surface area contributed by atoms with E-state index in [1.807, 2.05) is 0 Å². The van der Waals surface area contributed by atoms with Crippen LogP contribution < -0.4 is 9.47 Å². The van der Waals surface area contributed by atoms with E-state index in [1.165, 1.54) is 12.1 Å². The normalized spacial score (nSPS) is 15.1. The van der Waals surface area contributed by atoms with Crippen molar-refractivity contribution in [2.24, 2.45) is 0 Å². The summed E-state index contributed by atoms with van der Waals surface area (Å²) in [5.74, 6) is -1.92. The monoisotopic (exact) mass is 501 g/mol. The van der Waals surface area contributed by atoms with Gasteiger partial charge in [-0.05, 0) is 56.3 Å². The van der Waals surface area contributed by atoms with Gasteiger partial charge in [0.25, 0.3) is 11.1 Å². The molecule has 2 rings (SSSR count). The average Bonchev–Trinajstić information content (AvgIpc) is 2.90. The van der Waals surface area contributed by atoms with Crippen LogP contribution in [0.3, 0.4) is 0 Å². The van der Waals surface area contributed by atoms with Crippen LogP contribution in [0.15, 0.2) is 21.5 Å². The lowest BCUT2D eigenvalue weighted by Gasteiger charge is -2.14. The van der Waals surface area contributed by atoms with Gasteiger partial charge in [0.15, 0.2) is 18.1 Å². The number of carbonyl (C=O) groups excluding carboxylic acids is 3. The molecule has 11 heteroatoms. The van der Waals surface area contributed by atoms with Crippen molar-refractivity contribution >= 4 is 56.9 Å². The molecular formula is C19H20BrNO8S. The van der Waals surface area contributed by atoms with Crippen molar-refractivity contribution in [2.75, 3.05) is 19.8 Å². The minimum absolute atomic E-state index is 0.125. The lowest BCUT2D eigenvalue weighted by Crippen LogP contribution is -2.35. The Labute approximate surface area is 185 Å². The third-order valence-electron chi connectivity index (χ3n) is 3.53. The van der Waals surface area contributed by atoms with E-state index >= 15 is 0 Å². The van der Waals surface area contributed by atoms with Gasteiger partial charge in [-0.1, -0.05) is 15.9 Å². The average molecular weight is 502 g/mol. The zero-order valence-electron chi connectivity index (χ0n) is 16.5. The number of esters is 1. The van der Waals surface area contributed by atoms with E-state index in [0.29, 0.717) is 28.4 Å². The van der Waals surface area contributed by atoms with Crippen LogP contribution in [0.4, 0.5) is 4.79 Å². The lowest BCUT2D eigenvalue weighted by molar-refractivity contribution is -0.149. The summed E-state index contributed by atoms with van der Waals surface area (Å²) in [5.41, 5.74) is 0.511. The van der Waals surface area contributed by atoms with Crippen molar-refractivity contribution in [1.29, 1.82) is 0 Å². The number of hydrogen-bond donors (Lipinski definition) is 1. The molecule has 0 aromatic heterocycles. The Kier molecular flexibility index (Phi) is 8.30. The minimum atomic E-state index is -1.14. The van der Waals surface area contributed by atoms with Gasteiger partial charge >= 0.3 is 11.9 Å². The number of thioether (sulfide) groups is 1. The zero-order valence-corrected chi connectivity index (χ0v) is 18.9. The molecule has 1 fully saturated rings. The van der Waals surface area contributed by atoms with E-state index in [1.54, 1.807) is 26.8 Å². The van der Waals surface area contributed by atoms with Crippen molar-refractivity contribution in [2.45, 2.75) is 26.9 Å². The van der Waals surface area contributed by atoms with E-state index in [2.05, 4.69) is 15.9 Å². The number of halogens is 1. The van der Waals surface area contributed by atoms with Crippen LogP contribution in [0.5, 0.6) is 11.5 Å². The number of nitrogens with zero attached hydrogens (tertiary/aromatic N) is 1. The number of benzene rings is 1. The Bertz CT molecular complexity index is 899. The maximum Gasteiger partial charge on any atom is 0.341 e. The van der Waals surface area contributed by atoms with Crippen molar-refractivity contribution in [1.82, 2.24) is 4.90 Å². The second kappa shape index (κ2) is 10.5. The molecule has 30 heavy (non-hydrogen) atoms. The highest BCUT2D eigenvalue weighted by atomic mass is 79.9. The summed E-state index contributed by atoms with van der Waals surface area (Å²) >= 11 is 4.05. The fourth-order valence-corrected chi connectivity index (χ4v) is 3.65. The Morgan fingerprint density at radius 2 is 1.90 bits per heavy atom. The largest absolute Gasteiger partial charge is 0.490 e. The van der Waals surface area contributed by atoms with Gasteiger partial charge in [0, 0.05) is 4.47 Å². The number of carboxylic acids is 1. The number of imide groups is 1. The Balaban J connectivity index is 2.27. The summed E-state index contributed by atoms with van der Waals surface area (Å²) in [6.07, 6.45) is 1.12. The number of ether oxygens (including phenoxy) is 3. The van der Waals surface area contributed by atoms with Gasteiger partial charge in [-0.2, -0.15) is 0 Å². The molecule has 1 aliphatic heterocycles. The highest BCUT2D eigenvalue weighted by Gasteiger charge is 2.37. The highest BCUT2D eigenvalue weighted by Crippen LogP contribution is 2.38. The smallest absolute Gasteiger partial charge is 0.341 e. The molecule has 162 valence electrons. The quantitative estimate of drug-likeness (QED) is 0.401. The van der Waals surface area contributed by atoms with Crippen molar-refractivity contribution in [3.63, 3.8) is 0 Å². The molecular weight excluding hydrogens is 482 g/mol. The molecule has 0 bridgehead atoms. The molecule has 0 aliphatic carbocycles. The van der Waals surface area contributed by atoms with Crippen LogP contribution in [-0.4, -0.2) is 59.0 Å². The fraction of sp³-hybridized carbons (Fsp3) is 0.368. The predicted molar refractivity (Wildman–Crippen MR) is 112 cm³/mol. The molecule has 0 spiro atoms. The van der Waals surface area contributed by atoms with E-state index < -0.39 is 36.2 Å². The topological polar surface area (TPSA) is 119 Å². The van der Waals surface area contributed by atoms with Gasteiger partial charge in [0.1, 0.15) is 6.54 Å². The third kappa shape index (κ3) is 6.23. The van der Waals surface area contributed by atoms with E-state index in [4.69, 9.17) is 19.3 Å². The standard InChI is InChI=1S/C19H20BrNO8S/c1-4-27-13-5-11(12(20)7-14(13)28-9-16(22)23)6-15-18(25)21(19(26)30-15)8-17(24)29-10(2)3/h5-7,10H,4,8-9H2,1-3H3,(H,22,23)/b15-6+. The van der Waals surface area contributed by atoms with Crippen LogP contribution in [0.25, 0.3) is 6.08 Å². The number of aliphatic carboxylic acids is 1.